The predicted molar refractivity (Wildman–Crippen MR) is 170 cm³/mol. The standard InChI is InChI=1S/C35H45N3O7/c1-23-12-17-27-28(20-23)36-37-38(30(27)40)19-18-35(31(41)44-33(2,3)4,32(42)45-34(5,6)7)21-29(39)25-13-15-26(16-14-25)43-22-24-10-8-9-11-24/h12-17,20,24H,8-11,18-19,21-22H2,1-7H3. The quantitative estimate of drug-likeness (QED) is 0.144. The van der Waals surface area contributed by atoms with Gasteiger partial charge in [0.05, 0.1) is 12.0 Å². The summed E-state index contributed by atoms with van der Waals surface area (Å²) in [4.78, 5) is 55.1. The lowest BCUT2D eigenvalue weighted by Gasteiger charge is -2.34. The average molecular weight is 620 g/mol. The number of hydrogen-bond acceptors (Lipinski definition) is 9. The molecule has 1 fully saturated rings. The molecule has 10 nitrogen and oxygen atoms in total. The first-order valence-corrected chi connectivity index (χ1v) is 15.6. The first kappa shape index (κ1) is 33.8. The Bertz CT molecular complexity index is 1560. The van der Waals surface area contributed by atoms with Crippen LogP contribution in [0, 0.1) is 18.3 Å². The molecule has 1 saturated carbocycles. The second-order valence-corrected chi connectivity index (χ2v) is 14.1. The number of ketones is 1. The minimum absolute atomic E-state index is 0.185. The normalized spacial score (nSPS) is 14.4. The third kappa shape index (κ3) is 8.77. The molecule has 242 valence electrons. The fourth-order valence-electron chi connectivity index (χ4n) is 5.41. The van der Waals surface area contributed by atoms with Gasteiger partial charge in [0.25, 0.3) is 5.56 Å². The lowest BCUT2D eigenvalue weighted by Crippen LogP contribution is -2.49. The Morgan fingerprint density at radius 3 is 2.07 bits per heavy atom. The molecule has 1 aromatic heterocycles. The zero-order valence-corrected chi connectivity index (χ0v) is 27.5. The highest BCUT2D eigenvalue weighted by Crippen LogP contribution is 2.36. The van der Waals surface area contributed by atoms with Gasteiger partial charge in [-0.2, -0.15) is 0 Å². The van der Waals surface area contributed by atoms with Crippen molar-refractivity contribution in [2.75, 3.05) is 6.61 Å². The average Bonchev–Trinajstić information content (AvgIpc) is 3.47. The monoisotopic (exact) mass is 619 g/mol. The summed E-state index contributed by atoms with van der Waals surface area (Å²) in [6.45, 7) is 12.4. The van der Waals surface area contributed by atoms with E-state index in [1.807, 2.05) is 6.92 Å². The number of rotatable bonds is 11. The molecule has 10 heteroatoms. The summed E-state index contributed by atoms with van der Waals surface area (Å²) < 4.78 is 18.5. The summed E-state index contributed by atoms with van der Waals surface area (Å²) in [6.07, 6.45) is 3.95. The number of fused-ring (bicyclic) bond motifs is 1. The summed E-state index contributed by atoms with van der Waals surface area (Å²) in [5.41, 5.74) is -2.77. The summed E-state index contributed by atoms with van der Waals surface area (Å²) >= 11 is 0. The minimum atomic E-state index is -2.07. The number of ether oxygens (including phenoxy) is 3. The van der Waals surface area contributed by atoms with Crippen LogP contribution in [0.2, 0.25) is 0 Å². The molecule has 1 aliphatic rings. The van der Waals surface area contributed by atoms with E-state index in [1.54, 1.807) is 84.0 Å². The minimum Gasteiger partial charge on any atom is -0.493 e. The van der Waals surface area contributed by atoms with E-state index in [-0.39, 0.29) is 13.0 Å². The van der Waals surface area contributed by atoms with Gasteiger partial charge >= 0.3 is 11.9 Å². The second-order valence-electron chi connectivity index (χ2n) is 14.1. The van der Waals surface area contributed by atoms with Gasteiger partial charge in [-0.25, -0.2) is 4.68 Å². The van der Waals surface area contributed by atoms with Crippen molar-refractivity contribution in [3.63, 3.8) is 0 Å². The summed E-state index contributed by atoms with van der Waals surface area (Å²) in [6, 6.07) is 11.9. The Kier molecular flexibility index (Phi) is 10.1. The Morgan fingerprint density at radius 1 is 0.889 bits per heavy atom. The number of nitrogens with zero attached hydrogens (tertiary/aromatic N) is 3. The fraction of sp³-hybridized carbons (Fsp3) is 0.543. The number of benzene rings is 2. The van der Waals surface area contributed by atoms with Crippen LogP contribution < -0.4 is 10.3 Å². The number of hydrogen-bond donors (Lipinski definition) is 0. The van der Waals surface area contributed by atoms with Gasteiger partial charge in [0.2, 0.25) is 0 Å². The van der Waals surface area contributed by atoms with E-state index >= 15 is 0 Å². The van der Waals surface area contributed by atoms with Crippen LogP contribution in [-0.2, 0) is 25.6 Å². The zero-order chi connectivity index (χ0) is 33.0. The molecule has 2 aromatic carbocycles. The van der Waals surface area contributed by atoms with E-state index in [1.165, 1.54) is 12.8 Å². The molecule has 0 saturated heterocycles. The number of carbonyl (C=O) groups is 3. The van der Waals surface area contributed by atoms with Crippen molar-refractivity contribution in [3.8, 4) is 5.75 Å². The van der Waals surface area contributed by atoms with Gasteiger partial charge in [0.15, 0.2) is 11.2 Å². The second kappa shape index (κ2) is 13.5. The molecule has 4 rings (SSSR count). The number of carbonyl (C=O) groups excluding carboxylic acids is 3. The van der Waals surface area contributed by atoms with Crippen molar-refractivity contribution in [2.24, 2.45) is 11.3 Å². The van der Waals surface area contributed by atoms with Crippen LogP contribution in [0.1, 0.15) is 96.0 Å². The lowest BCUT2D eigenvalue weighted by atomic mass is 9.78. The molecule has 0 bridgehead atoms. The summed E-state index contributed by atoms with van der Waals surface area (Å²) in [5.74, 6) is -1.09. The van der Waals surface area contributed by atoms with Crippen molar-refractivity contribution in [2.45, 2.75) is 105 Å². The van der Waals surface area contributed by atoms with Crippen LogP contribution in [0.25, 0.3) is 10.9 Å². The van der Waals surface area contributed by atoms with Gasteiger partial charge in [-0.3, -0.25) is 19.2 Å². The molecule has 0 amide bonds. The van der Waals surface area contributed by atoms with Crippen LogP contribution in [0.4, 0.5) is 0 Å². The molecule has 1 heterocycles. The zero-order valence-electron chi connectivity index (χ0n) is 27.5. The van der Waals surface area contributed by atoms with Crippen molar-refractivity contribution < 1.29 is 28.6 Å². The molecule has 0 radical (unpaired) electrons. The number of aryl methyl sites for hydroxylation is 2. The van der Waals surface area contributed by atoms with E-state index in [2.05, 4.69) is 10.3 Å². The Morgan fingerprint density at radius 2 is 1.49 bits per heavy atom. The molecule has 0 aliphatic heterocycles. The molecule has 3 aromatic rings. The highest BCUT2D eigenvalue weighted by atomic mass is 16.6. The SMILES string of the molecule is Cc1ccc2c(=O)n(CCC(CC(=O)c3ccc(OCC4CCCC4)cc3)(C(=O)OC(C)(C)C)C(=O)OC(C)(C)C)nnc2c1. The molecular formula is C35H45N3O7. The topological polar surface area (TPSA) is 127 Å². The van der Waals surface area contributed by atoms with E-state index < -0.39 is 46.3 Å². The highest BCUT2D eigenvalue weighted by molar-refractivity contribution is 6.07. The van der Waals surface area contributed by atoms with Crippen LogP contribution in [0.3, 0.4) is 0 Å². The van der Waals surface area contributed by atoms with Gasteiger partial charge in [-0.15, -0.1) is 5.10 Å². The highest BCUT2D eigenvalue weighted by Gasteiger charge is 2.52. The predicted octanol–water partition coefficient (Wildman–Crippen LogP) is 6.00. The van der Waals surface area contributed by atoms with E-state index in [9.17, 15) is 19.2 Å². The van der Waals surface area contributed by atoms with Gasteiger partial charge < -0.3 is 14.2 Å². The third-order valence-electron chi connectivity index (χ3n) is 7.81. The van der Waals surface area contributed by atoms with Gasteiger partial charge in [0.1, 0.15) is 22.5 Å². The van der Waals surface area contributed by atoms with Gasteiger partial charge in [-0.1, -0.05) is 24.1 Å². The Labute approximate surface area is 264 Å². The molecule has 45 heavy (non-hydrogen) atoms. The molecule has 0 atom stereocenters. The molecule has 0 spiro atoms. The smallest absolute Gasteiger partial charge is 0.324 e. The Balaban J connectivity index is 1.67. The van der Waals surface area contributed by atoms with Crippen LogP contribution in [-0.4, -0.2) is 50.5 Å². The maximum absolute atomic E-state index is 14.0. The first-order chi connectivity index (χ1) is 21.1. The molecule has 0 unspecified atom stereocenters. The maximum Gasteiger partial charge on any atom is 0.324 e. The molecular weight excluding hydrogens is 574 g/mol. The van der Waals surface area contributed by atoms with Crippen molar-refractivity contribution in [1.29, 1.82) is 0 Å². The molecule has 1 aliphatic carbocycles. The molecule has 0 N–H and O–H groups in total. The van der Waals surface area contributed by atoms with Gasteiger partial charge in [-0.05, 0) is 116 Å². The van der Waals surface area contributed by atoms with Crippen molar-refractivity contribution in [3.05, 3.63) is 63.9 Å². The van der Waals surface area contributed by atoms with Crippen molar-refractivity contribution in [1.82, 2.24) is 15.0 Å². The summed E-state index contributed by atoms with van der Waals surface area (Å²) in [7, 11) is 0. The van der Waals surface area contributed by atoms with Crippen molar-refractivity contribution >= 4 is 28.6 Å². The van der Waals surface area contributed by atoms with Gasteiger partial charge in [0, 0.05) is 18.5 Å². The lowest BCUT2D eigenvalue weighted by molar-refractivity contribution is -0.186. The fourth-order valence-corrected chi connectivity index (χ4v) is 5.41. The first-order valence-electron chi connectivity index (χ1n) is 15.6. The number of esters is 2. The third-order valence-corrected chi connectivity index (χ3v) is 7.81. The summed E-state index contributed by atoms with van der Waals surface area (Å²) in [5, 5.41) is 8.58. The maximum atomic E-state index is 14.0. The number of aromatic nitrogens is 3. The Hall–Kier alpha value is -4.08. The van der Waals surface area contributed by atoms with E-state index in [0.29, 0.717) is 34.7 Å². The van der Waals surface area contributed by atoms with Crippen LogP contribution >= 0.6 is 0 Å². The number of Topliss-reactive ketones (excluding diaryl/α,β-unsaturated/α-hetero) is 1. The largest absolute Gasteiger partial charge is 0.493 e. The van der Waals surface area contributed by atoms with Crippen LogP contribution in [0.5, 0.6) is 5.75 Å². The van der Waals surface area contributed by atoms with Crippen LogP contribution in [0.15, 0.2) is 47.3 Å². The van der Waals surface area contributed by atoms with E-state index in [4.69, 9.17) is 14.2 Å². The van der Waals surface area contributed by atoms with E-state index in [0.717, 1.165) is 23.1 Å².